The van der Waals surface area contributed by atoms with E-state index in [4.69, 9.17) is 4.42 Å². The molecule has 9 aromatic carbocycles. The molecule has 62 heavy (non-hydrogen) atoms. The van der Waals surface area contributed by atoms with Crippen LogP contribution in [0.1, 0.15) is 31.7 Å². The largest absolute Gasteiger partial charge is 0.456 e. The van der Waals surface area contributed by atoms with Crippen molar-refractivity contribution in [3.63, 3.8) is 0 Å². The van der Waals surface area contributed by atoms with Crippen molar-refractivity contribution in [1.29, 1.82) is 0 Å². The minimum Gasteiger partial charge on any atom is -0.456 e. The van der Waals surface area contributed by atoms with Crippen molar-refractivity contribution >= 4 is 49.3 Å². The molecular formula is C60H41NO. The maximum atomic E-state index is 10.0. The van der Waals surface area contributed by atoms with E-state index in [9.17, 15) is 8.22 Å². The van der Waals surface area contributed by atoms with Gasteiger partial charge in [0.15, 0.2) is 0 Å². The first-order chi connectivity index (χ1) is 33.2. The minimum atomic E-state index is -0.372. The van der Waals surface area contributed by atoms with Gasteiger partial charge in [-0.25, -0.2) is 0 Å². The van der Waals surface area contributed by atoms with Gasteiger partial charge in [-0.1, -0.05) is 170 Å². The molecule has 292 valence electrons. The number of hydrogen-bond acceptors (Lipinski definition) is 1. The quantitative estimate of drug-likeness (QED) is 0.157. The maximum Gasteiger partial charge on any atom is 0.135 e. The van der Waals surface area contributed by atoms with Crippen LogP contribution in [-0.2, 0) is 0 Å². The van der Waals surface area contributed by atoms with Crippen LogP contribution in [0.3, 0.4) is 0 Å². The Bertz CT molecular complexity index is 3870. The van der Waals surface area contributed by atoms with E-state index in [2.05, 4.69) is 60.7 Å². The van der Waals surface area contributed by atoms with Gasteiger partial charge in [0, 0.05) is 33.2 Å². The van der Waals surface area contributed by atoms with Gasteiger partial charge in [0.2, 0.25) is 0 Å². The Labute approximate surface area is 369 Å². The van der Waals surface area contributed by atoms with Gasteiger partial charge in [0.05, 0.1) is 19.3 Å². The lowest BCUT2D eigenvalue weighted by atomic mass is 9.85. The van der Waals surface area contributed by atoms with E-state index >= 15 is 0 Å². The van der Waals surface area contributed by atoms with Crippen molar-refractivity contribution in [3.05, 3.63) is 242 Å². The van der Waals surface area contributed by atoms with Crippen LogP contribution in [0.5, 0.6) is 0 Å². The first-order valence-electron chi connectivity index (χ1n) is 24.0. The number of aromatic nitrogens is 1. The molecular weight excluding hydrogens is 751 g/mol. The summed E-state index contributed by atoms with van der Waals surface area (Å²) in [7, 11) is 0. The number of furan rings is 1. The minimum absolute atomic E-state index is 0.00687. The summed E-state index contributed by atoms with van der Waals surface area (Å²) in [6.45, 7) is 0. The van der Waals surface area contributed by atoms with Crippen molar-refractivity contribution in [1.82, 2.24) is 4.57 Å². The lowest BCUT2D eigenvalue weighted by molar-refractivity contribution is 0.669. The zero-order valence-corrected chi connectivity index (χ0v) is 33.6. The van der Waals surface area contributed by atoms with Crippen molar-refractivity contribution in [2.45, 2.75) is 12.3 Å². The molecule has 0 saturated carbocycles. The summed E-state index contributed by atoms with van der Waals surface area (Å²) >= 11 is 0. The lowest BCUT2D eigenvalue weighted by Crippen LogP contribution is -2.01. The van der Waals surface area contributed by atoms with Crippen LogP contribution in [-0.4, -0.2) is 4.57 Å². The van der Waals surface area contributed by atoms with E-state index < -0.39 is 0 Å². The third-order valence-electron chi connectivity index (χ3n) is 12.2. The summed E-state index contributed by atoms with van der Waals surface area (Å²) in [6, 6.07) is 58.0. The van der Waals surface area contributed by atoms with Crippen molar-refractivity contribution in [3.8, 4) is 50.2 Å². The number of para-hydroxylation sites is 1. The van der Waals surface area contributed by atoms with Gasteiger partial charge >= 0.3 is 0 Å². The van der Waals surface area contributed by atoms with E-state index in [-0.39, 0.29) is 58.8 Å². The first kappa shape index (κ1) is 30.1. The van der Waals surface area contributed by atoms with Crippen LogP contribution >= 0.6 is 0 Å². The second kappa shape index (κ2) is 15.0. The molecule has 12 rings (SSSR count). The summed E-state index contributed by atoms with van der Waals surface area (Å²) in [5.41, 5.74) is 12.3. The summed E-state index contributed by atoms with van der Waals surface area (Å²) in [5.74, 6) is -0.372. The summed E-state index contributed by atoms with van der Waals surface area (Å²) in [5, 5.41) is 2.81. The number of allylic oxidation sites excluding steroid dienone is 4. The Morgan fingerprint density at radius 2 is 1.00 bits per heavy atom. The summed E-state index contributed by atoms with van der Waals surface area (Å²) < 4.78 is 66.4. The second-order valence-corrected chi connectivity index (χ2v) is 16.0. The molecule has 2 aromatic heterocycles. The third kappa shape index (κ3) is 6.36. The highest BCUT2D eigenvalue weighted by molar-refractivity contribution is 6.11. The first-order valence-corrected chi connectivity index (χ1v) is 21.0. The Morgan fingerprint density at radius 3 is 1.77 bits per heavy atom. The fourth-order valence-electron chi connectivity index (χ4n) is 9.00. The zero-order chi connectivity index (χ0) is 46.2. The molecule has 0 bridgehead atoms. The van der Waals surface area contributed by atoms with Gasteiger partial charge in [0.1, 0.15) is 11.2 Å². The molecule has 2 heteroatoms. The standard InChI is InChI=1S/C60H41NO/c1-3-11-40(12-4-1)45-15-9-17-47(35-45)50-27-32-57-54(37-50)55-38-51(48-18-10-16-46(36-48)41-13-5-2-6-14-41)28-33-58(55)61(57)52-30-25-43(26-31-52)42-21-23-44(24-22-42)49-29-34-60-56(39-49)53-19-7-8-20-59(53)62-60/h1-35,37-39,48H,36H2/i27D,28D,32D,33D,37D,38D. The Morgan fingerprint density at radius 1 is 0.435 bits per heavy atom. The molecule has 2 heterocycles. The van der Waals surface area contributed by atoms with Gasteiger partial charge < -0.3 is 8.98 Å². The van der Waals surface area contributed by atoms with Crippen LogP contribution < -0.4 is 0 Å². The fraction of sp³-hybridized carbons (Fsp3) is 0.0333. The molecule has 0 N–H and O–H groups in total. The van der Waals surface area contributed by atoms with Crippen LogP contribution in [0, 0.1) is 0 Å². The molecule has 0 fully saturated rings. The van der Waals surface area contributed by atoms with Crippen LogP contribution in [0.15, 0.2) is 235 Å². The van der Waals surface area contributed by atoms with Crippen LogP contribution in [0.4, 0.5) is 0 Å². The van der Waals surface area contributed by atoms with Gasteiger partial charge in [0.25, 0.3) is 0 Å². The molecule has 0 saturated heterocycles. The number of rotatable bonds is 7. The highest BCUT2D eigenvalue weighted by atomic mass is 16.3. The molecule has 2 nitrogen and oxygen atoms in total. The molecule has 1 atom stereocenters. The molecule has 0 aliphatic heterocycles. The van der Waals surface area contributed by atoms with E-state index in [0.29, 0.717) is 34.0 Å². The lowest BCUT2D eigenvalue weighted by Gasteiger charge is -2.19. The number of hydrogen-bond donors (Lipinski definition) is 0. The van der Waals surface area contributed by atoms with E-state index in [1.807, 2.05) is 133 Å². The van der Waals surface area contributed by atoms with Gasteiger partial charge in [-0.15, -0.1) is 0 Å². The van der Waals surface area contributed by atoms with Gasteiger partial charge in [-0.3, -0.25) is 0 Å². The Balaban J connectivity index is 1.01. The monoisotopic (exact) mass is 797 g/mol. The second-order valence-electron chi connectivity index (χ2n) is 16.0. The number of fused-ring (bicyclic) bond motifs is 6. The summed E-state index contributed by atoms with van der Waals surface area (Å²) in [4.78, 5) is 0. The number of benzene rings is 9. The normalized spacial score (nSPS) is 15.3. The van der Waals surface area contributed by atoms with E-state index in [1.54, 1.807) is 4.57 Å². The van der Waals surface area contributed by atoms with Crippen molar-refractivity contribution in [2.24, 2.45) is 0 Å². The van der Waals surface area contributed by atoms with E-state index in [1.165, 1.54) is 0 Å². The molecule has 1 aliphatic rings. The molecule has 11 aromatic rings. The van der Waals surface area contributed by atoms with Crippen LogP contribution in [0.2, 0.25) is 0 Å². The van der Waals surface area contributed by atoms with Crippen molar-refractivity contribution in [2.75, 3.05) is 0 Å². The molecule has 0 radical (unpaired) electrons. The molecule has 0 spiro atoms. The molecule has 1 aliphatic carbocycles. The third-order valence-corrected chi connectivity index (χ3v) is 12.2. The fourth-order valence-corrected chi connectivity index (χ4v) is 9.00. The van der Waals surface area contributed by atoms with E-state index in [0.717, 1.165) is 66.5 Å². The maximum absolute atomic E-state index is 10.0. The molecule has 1 unspecified atom stereocenters. The SMILES string of the molecule is [2H]c1c(-c2cccc(-c3ccccc3)c2)c([2H])c2c3c([2H])c(C4C=CC=C(c5ccccc5)C4)c([2H])c([2H])c3n(-c3ccc(-c4ccc(-c5ccc6oc7ccccc7c6c5)cc4)cc3)c2c1[2H]. The number of nitrogens with zero attached hydrogens (tertiary/aromatic N) is 1. The average Bonchev–Trinajstić information content (AvgIpc) is 3.95. The highest BCUT2D eigenvalue weighted by Gasteiger charge is 2.19. The van der Waals surface area contributed by atoms with Gasteiger partial charge in [-0.05, 0) is 128 Å². The molecule has 0 amide bonds. The predicted octanol–water partition coefficient (Wildman–Crippen LogP) is 16.5. The van der Waals surface area contributed by atoms with Crippen LogP contribution in [0.25, 0.3) is 99.5 Å². The van der Waals surface area contributed by atoms with Gasteiger partial charge in [-0.2, -0.15) is 0 Å². The average molecular weight is 798 g/mol. The predicted molar refractivity (Wildman–Crippen MR) is 261 cm³/mol. The topological polar surface area (TPSA) is 18.1 Å². The Hall–Kier alpha value is -7.94. The zero-order valence-electron chi connectivity index (χ0n) is 39.6. The summed E-state index contributed by atoms with van der Waals surface area (Å²) in [6.07, 6.45) is 6.55. The smallest absolute Gasteiger partial charge is 0.135 e. The Kier molecular flexibility index (Phi) is 7.27. The highest BCUT2D eigenvalue weighted by Crippen LogP contribution is 2.41. The van der Waals surface area contributed by atoms with Crippen molar-refractivity contribution < 1.29 is 12.6 Å².